The molecule has 1 amide bonds. The second kappa shape index (κ2) is 7.56. The van der Waals surface area contributed by atoms with E-state index in [0.29, 0.717) is 30.1 Å². The predicted octanol–water partition coefficient (Wildman–Crippen LogP) is 1.63. The zero-order valence-electron chi connectivity index (χ0n) is 13.2. The van der Waals surface area contributed by atoms with Crippen LogP contribution in [0.3, 0.4) is 0 Å². The van der Waals surface area contributed by atoms with E-state index in [1.54, 1.807) is 13.0 Å². The monoisotopic (exact) mass is 294 g/mol. The van der Waals surface area contributed by atoms with E-state index in [1.807, 2.05) is 0 Å². The van der Waals surface area contributed by atoms with E-state index in [4.69, 9.17) is 4.52 Å². The number of rotatable bonds is 6. The van der Waals surface area contributed by atoms with Crippen molar-refractivity contribution in [3.63, 3.8) is 0 Å². The summed E-state index contributed by atoms with van der Waals surface area (Å²) in [6, 6.07) is 2.08. The Morgan fingerprint density at radius 3 is 2.81 bits per heavy atom. The maximum atomic E-state index is 12.1. The number of hydrogen-bond donors (Lipinski definition) is 2. The molecule has 118 valence electrons. The van der Waals surface area contributed by atoms with Crippen LogP contribution in [0.1, 0.15) is 32.4 Å². The first-order valence-corrected chi connectivity index (χ1v) is 7.72. The average molecular weight is 294 g/mol. The van der Waals surface area contributed by atoms with Crippen LogP contribution in [0.5, 0.6) is 0 Å². The van der Waals surface area contributed by atoms with Crippen LogP contribution in [-0.4, -0.2) is 48.2 Å². The van der Waals surface area contributed by atoms with Gasteiger partial charge in [0.05, 0.1) is 6.54 Å². The second-order valence-electron chi connectivity index (χ2n) is 6.09. The summed E-state index contributed by atoms with van der Waals surface area (Å²) >= 11 is 0. The Hall–Kier alpha value is -1.40. The summed E-state index contributed by atoms with van der Waals surface area (Å²) in [5.41, 5.74) is 0. The highest BCUT2D eigenvalue weighted by atomic mass is 16.5. The molecule has 0 spiro atoms. The topological polar surface area (TPSA) is 70.4 Å². The number of aryl methyl sites for hydroxylation is 1. The van der Waals surface area contributed by atoms with Gasteiger partial charge in [0, 0.05) is 18.7 Å². The fraction of sp³-hybridized carbons (Fsp3) is 0.733. The van der Waals surface area contributed by atoms with Gasteiger partial charge in [0.1, 0.15) is 5.76 Å². The van der Waals surface area contributed by atoms with Crippen molar-refractivity contribution in [1.82, 2.24) is 15.4 Å². The van der Waals surface area contributed by atoms with Gasteiger partial charge < -0.3 is 15.2 Å². The Bertz CT molecular complexity index is 452. The maximum absolute atomic E-state index is 12.1. The number of hydrogen-bond acceptors (Lipinski definition) is 5. The molecular formula is C15H26N4O2. The molecule has 0 aliphatic carbocycles. The number of nitrogens with one attached hydrogen (secondary N) is 2. The molecular weight excluding hydrogens is 268 g/mol. The number of anilines is 1. The molecule has 0 radical (unpaired) electrons. The standard InChI is InChI=1S/C15H26N4O2/c1-11(2)19(9-13-4-6-16-7-5-13)10-15(20)17-14-8-12(3)21-18-14/h8,11,13,16H,4-7,9-10H2,1-3H3,(H,17,18,20). The van der Waals surface area contributed by atoms with Gasteiger partial charge >= 0.3 is 0 Å². The van der Waals surface area contributed by atoms with E-state index in [0.717, 1.165) is 19.6 Å². The summed E-state index contributed by atoms with van der Waals surface area (Å²) < 4.78 is 4.95. The zero-order valence-corrected chi connectivity index (χ0v) is 13.2. The highest BCUT2D eigenvalue weighted by Gasteiger charge is 2.21. The van der Waals surface area contributed by atoms with Crippen molar-refractivity contribution in [2.75, 3.05) is 31.5 Å². The molecule has 1 fully saturated rings. The van der Waals surface area contributed by atoms with Gasteiger partial charge in [0.25, 0.3) is 0 Å². The lowest BCUT2D eigenvalue weighted by Crippen LogP contribution is -2.43. The van der Waals surface area contributed by atoms with Crippen molar-refractivity contribution in [3.05, 3.63) is 11.8 Å². The first kappa shape index (κ1) is 16.0. The summed E-state index contributed by atoms with van der Waals surface area (Å²) in [7, 11) is 0. The lowest BCUT2D eigenvalue weighted by Gasteiger charge is -2.32. The molecule has 1 aliphatic rings. The van der Waals surface area contributed by atoms with Crippen LogP contribution in [0.2, 0.25) is 0 Å². The van der Waals surface area contributed by atoms with Crippen LogP contribution in [-0.2, 0) is 4.79 Å². The summed E-state index contributed by atoms with van der Waals surface area (Å²) in [5.74, 6) is 1.82. The van der Waals surface area contributed by atoms with Gasteiger partial charge in [-0.3, -0.25) is 9.69 Å². The summed E-state index contributed by atoms with van der Waals surface area (Å²) in [6.45, 7) is 9.61. The van der Waals surface area contributed by atoms with Gasteiger partial charge in [-0.05, 0) is 52.6 Å². The first-order valence-electron chi connectivity index (χ1n) is 7.72. The van der Waals surface area contributed by atoms with E-state index in [-0.39, 0.29) is 5.91 Å². The Balaban J connectivity index is 1.84. The minimum atomic E-state index is -0.0362. The molecule has 0 saturated carbocycles. The lowest BCUT2D eigenvalue weighted by atomic mass is 9.97. The van der Waals surface area contributed by atoms with E-state index < -0.39 is 0 Å². The van der Waals surface area contributed by atoms with Gasteiger partial charge in [-0.2, -0.15) is 0 Å². The van der Waals surface area contributed by atoms with Crippen molar-refractivity contribution in [3.8, 4) is 0 Å². The maximum Gasteiger partial charge on any atom is 0.239 e. The minimum Gasteiger partial charge on any atom is -0.360 e. The molecule has 0 bridgehead atoms. The van der Waals surface area contributed by atoms with Gasteiger partial charge in [-0.25, -0.2) is 0 Å². The van der Waals surface area contributed by atoms with Crippen LogP contribution in [0.4, 0.5) is 5.82 Å². The molecule has 21 heavy (non-hydrogen) atoms. The second-order valence-corrected chi connectivity index (χ2v) is 6.09. The van der Waals surface area contributed by atoms with Crippen molar-refractivity contribution < 1.29 is 9.32 Å². The molecule has 1 saturated heterocycles. The fourth-order valence-electron chi connectivity index (χ4n) is 2.65. The van der Waals surface area contributed by atoms with Crippen molar-refractivity contribution in [2.24, 2.45) is 5.92 Å². The van der Waals surface area contributed by atoms with Gasteiger partial charge in [-0.1, -0.05) is 5.16 Å². The predicted molar refractivity (Wildman–Crippen MR) is 82.2 cm³/mol. The van der Waals surface area contributed by atoms with Gasteiger partial charge in [0.15, 0.2) is 5.82 Å². The van der Waals surface area contributed by atoms with Crippen molar-refractivity contribution >= 4 is 11.7 Å². The third kappa shape index (κ3) is 5.13. The SMILES string of the molecule is Cc1cc(NC(=O)CN(CC2CCNCC2)C(C)C)no1. The molecule has 1 aromatic rings. The van der Waals surface area contributed by atoms with Crippen LogP contribution in [0, 0.1) is 12.8 Å². The van der Waals surface area contributed by atoms with Crippen molar-refractivity contribution in [2.45, 2.75) is 39.7 Å². The average Bonchev–Trinajstić information content (AvgIpc) is 2.84. The minimum absolute atomic E-state index is 0.0362. The molecule has 0 atom stereocenters. The number of amides is 1. The zero-order chi connectivity index (χ0) is 15.2. The molecule has 1 aliphatic heterocycles. The number of carbonyl (C=O) groups excluding carboxylic acids is 1. The van der Waals surface area contributed by atoms with E-state index in [1.165, 1.54) is 12.8 Å². The molecule has 6 heteroatoms. The van der Waals surface area contributed by atoms with Gasteiger partial charge in [-0.15, -0.1) is 0 Å². The lowest BCUT2D eigenvalue weighted by molar-refractivity contribution is -0.118. The normalized spacial score (nSPS) is 16.6. The largest absolute Gasteiger partial charge is 0.360 e. The Labute approximate surface area is 126 Å². The molecule has 0 aromatic carbocycles. The fourth-order valence-corrected chi connectivity index (χ4v) is 2.65. The smallest absolute Gasteiger partial charge is 0.239 e. The molecule has 0 unspecified atom stereocenters. The number of nitrogens with zero attached hydrogens (tertiary/aromatic N) is 2. The van der Waals surface area contributed by atoms with Crippen LogP contribution in [0.15, 0.2) is 10.6 Å². The third-order valence-corrected chi connectivity index (χ3v) is 3.92. The quantitative estimate of drug-likeness (QED) is 0.834. The highest BCUT2D eigenvalue weighted by molar-refractivity contribution is 5.91. The van der Waals surface area contributed by atoms with Crippen LogP contribution < -0.4 is 10.6 Å². The third-order valence-electron chi connectivity index (χ3n) is 3.92. The van der Waals surface area contributed by atoms with Crippen LogP contribution in [0.25, 0.3) is 0 Å². The molecule has 6 nitrogen and oxygen atoms in total. The number of piperidine rings is 1. The summed E-state index contributed by atoms with van der Waals surface area (Å²) in [4.78, 5) is 14.4. The summed E-state index contributed by atoms with van der Waals surface area (Å²) in [5, 5.41) is 9.95. The van der Waals surface area contributed by atoms with Crippen LogP contribution >= 0.6 is 0 Å². The highest BCUT2D eigenvalue weighted by Crippen LogP contribution is 2.15. The number of carbonyl (C=O) groups is 1. The number of aromatic nitrogens is 1. The van der Waals surface area contributed by atoms with E-state index in [9.17, 15) is 4.79 Å². The molecule has 1 aromatic heterocycles. The Kier molecular flexibility index (Phi) is 5.76. The van der Waals surface area contributed by atoms with E-state index >= 15 is 0 Å². The summed E-state index contributed by atoms with van der Waals surface area (Å²) in [6.07, 6.45) is 2.38. The molecule has 2 rings (SSSR count). The van der Waals surface area contributed by atoms with Crippen molar-refractivity contribution in [1.29, 1.82) is 0 Å². The Morgan fingerprint density at radius 2 is 2.24 bits per heavy atom. The van der Waals surface area contributed by atoms with Gasteiger partial charge in [0.2, 0.25) is 5.91 Å². The molecule has 2 N–H and O–H groups in total. The van der Waals surface area contributed by atoms with E-state index in [2.05, 4.69) is 34.5 Å². The Morgan fingerprint density at radius 1 is 1.52 bits per heavy atom. The molecule has 2 heterocycles. The first-order chi connectivity index (χ1) is 10.0.